The van der Waals surface area contributed by atoms with Gasteiger partial charge in [-0.3, -0.25) is 0 Å². The van der Waals surface area contributed by atoms with Crippen LogP contribution >= 0.6 is 31.9 Å². The van der Waals surface area contributed by atoms with E-state index in [0.717, 1.165) is 26.8 Å². The molecule has 13 heavy (non-hydrogen) atoms. The van der Waals surface area contributed by atoms with Gasteiger partial charge in [-0.15, -0.1) is 0 Å². The summed E-state index contributed by atoms with van der Waals surface area (Å²) in [6, 6.07) is 6.05. The second-order valence-corrected chi connectivity index (χ2v) is 4.70. The Morgan fingerprint density at radius 2 is 2.15 bits per heavy atom. The Labute approximate surface area is 95.5 Å². The number of halogens is 2. The van der Waals surface area contributed by atoms with Crippen molar-refractivity contribution in [3.05, 3.63) is 39.3 Å². The highest BCUT2D eigenvalue weighted by atomic mass is 79.9. The number of nitrogens with one attached hydrogen (secondary N) is 1. The van der Waals surface area contributed by atoms with Crippen molar-refractivity contribution < 1.29 is 0 Å². The molecule has 0 aliphatic heterocycles. The highest BCUT2D eigenvalue weighted by Crippen LogP contribution is 2.26. The van der Waals surface area contributed by atoms with Gasteiger partial charge in [0.1, 0.15) is 0 Å². The molecule has 0 fully saturated rings. The van der Waals surface area contributed by atoms with Crippen LogP contribution in [0.5, 0.6) is 0 Å². The van der Waals surface area contributed by atoms with E-state index in [2.05, 4.69) is 43.8 Å². The van der Waals surface area contributed by atoms with Gasteiger partial charge in [0.15, 0.2) is 0 Å². The minimum atomic E-state index is 0.806. The fourth-order valence-corrected chi connectivity index (χ4v) is 2.07. The third kappa shape index (κ3) is 3.53. The van der Waals surface area contributed by atoms with Crippen LogP contribution in [0.3, 0.4) is 0 Å². The normalized spacial score (nSPS) is 9.77. The summed E-state index contributed by atoms with van der Waals surface area (Å²) in [5.74, 6) is 0. The van der Waals surface area contributed by atoms with Crippen LogP contribution < -0.4 is 5.32 Å². The molecule has 0 aromatic heterocycles. The molecule has 0 aliphatic rings. The zero-order valence-electron chi connectivity index (χ0n) is 7.40. The van der Waals surface area contributed by atoms with Crippen LogP contribution in [0.25, 0.3) is 0 Å². The number of hydrogen-bond donors (Lipinski definition) is 1. The Kier molecular flexibility index (Phi) is 4.00. The predicted molar refractivity (Wildman–Crippen MR) is 65.1 cm³/mol. The van der Waals surface area contributed by atoms with E-state index in [-0.39, 0.29) is 0 Å². The number of rotatable bonds is 3. The van der Waals surface area contributed by atoms with Gasteiger partial charge in [0.2, 0.25) is 0 Å². The van der Waals surface area contributed by atoms with E-state index in [0.29, 0.717) is 0 Å². The van der Waals surface area contributed by atoms with Crippen molar-refractivity contribution in [2.75, 3.05) is 11.9 Å². The zero-order chi connectivity index (χ0) is 9.84. The van der Waals surface area contributed by atoms with Gasteiger partial charge in [-0.2, -0.15) is 0 Å². The van der Waals surface area contributed by atoms with Crippen molar-refractivity contribution in [3.8, 4) is 0 Å². The first-order valence-electron chi connectivity index (χ1n) is 3.93. The van der Waals surface area contributed by atoms with Crippen LogP contribution in [0, 0.1) is 0 Å². The molecule has 3 heteroatoms. The third-order valence-electron chi connectivity index (χ3n) is 1.51. The first-order chi connectivity index (χ1) is 6.09. The van der Waals surface area contributed by atoms with E-state index in [1.54, 1.807) is 0 Å². The lowest BCUT2D eigenvalue weighted by Crippen LogP contribution is -2.02. The molecule has 0 aliphatic carbocycles. The maximum atomic E-state index is 3.83. The fourth-order valence-electron chi connectivity index (χ4n) is 0.879. The van der Waals surface area contributed by atoms with Crippen LogP contribution in [0.1, 0.15) is 6.92 Å². The second kappa shape index (κ2) is 4.82. The van der Waals surface area contributed by atoms with Gasteiger partial charge < -0.3 is 5.32 Å². The van der Waals surface area contributed by atoms with Gasteiger partial charge in [-0.1, -0.05) is 28.1 Å². The molecule has 0 spiro atoms. The molecule has 0 radical (unpaired) electrons. The van der Waals surface area contributed by atoms with Crippen molar-refractivity contribution in [2.24, 2.45) is 0 Å². The molecule has 0 bridgehead atoms. The molecule has 1 aromatic rings. The van der Waals surface area contributed by atoms with Crippen LogP contribution in [-0.2, 0) is 0 Å². The molecule has 0 saturated carbocycles. The quantitative estimate of drug-likeness (QED) is 0.825. The van der Waals surface area contributed by atoms with E-state index in [1.807, 2.05) is 25.1 Å². The number of anilines is 1. The van der Waals surface area contributed by atoms with E-state index >= 15 is 0 Å². The van der Waals surface area contributed by atoms with Crippen molar-refractivity contribution in [2.45, 2.75) is 6.92 Å². The summed E-state index contributed by atoms with van der Waals surface area (Å²) in [6.45, 7) is 6.64. The van der Waals surface area contributed by atoms with Crippen LogP contribution in [0.4, 0.5) is 5.69 Å². The van der Waals surface area contributed by atoms with E-state index < -0.39 is 0 Å². The Bertz CT molecular complexity index is 321. The van der Waals surface area contributed by atoms with E-state index in [1.165, 1.54) is 0 Å². The van der Waals surface area contributed by atoms with Crippen molar-refractivity contribution in [3.63, 3.8) is 0 Å². The van der Waals surface area contributed by atoms with Crippen molar-refractivity contribution in [1.82, 2.24) is 0 Å². The molecule has 1 aromatic carbocycles. The third-order valence-corrected chi connectivity index (χ3v) is 2.66. The number of hydrogen-bond acceptors (Lipinski definition) is 1. The summed E-state index contributed by atoms with van der Waals surface area (Å²) in [4.78, 5) is 0. The van der Waals surface area contributed by atoms with Crippen LogP contribution in [-0.4, -0.2) is 6.54 Å². The zero-order valence-corrected chi connectivity index (χ0v) is 10.6. The molecule has 0 saturated heterocycles. The minimum absolute atomic E-state index is 0.806. The fraction of sp³-hybridized carbons (Fsp3) is 0.200. The Balaban J connectivity index is 2.72. The molecule has 1 nitrogen and oxygen atoms in total. The molecule has 0 amide bonds. The molecular weight excluding hydrogens is 294 g/mol. The number of benzene rings is 1. The Hall–Kier alpha value is -0.280. The van der Waals surface area contributed by atoms with Crippen molar-refractivity contribution >= 4 is 37.5 Å². The van der Waals surface area contributed by atoms with Crippen molar-refractivity contribution in [1.29, 1.82) is 0 Å². The SMILES string of the molecule is C=C(C)CNc1ccc(Br)cc1Br. The van der Waals surface area contributed by atoms with Gasteiger partial charge in [0.05, 0.1) is 0 Å². The summed E-state index contributed by atoms with van der Waals surface area (Å²) < 4.78 is 2.13. The lowest BCUT2D eigenvalue weighted by atomic mass is 10.3. The largest absolute Gasteiger partial charge is 0.380 e. The summed E-state index contributed by atoms with van der Waals surface area (Å²) in [6.07, 6.45) is 0. The van der Waals surface area contributed by atoms with E-state index in [9.17, 15) is 0 Å². The maximum absolute atomic E-state index is 3.83. The molecule has 0 unspecified atom stereocenters. The lowest BCUT2D eigenvalue weighted by molar-refractivity contribution is 1.21. The summed E-state index contributed by atoms with van der Waals surface area (Å²) in [7, 11) is 0. The monoisotopic (exact) mass is 303 g/mol. The second-order valence-electron chi connectivity index (χ2n) is 2.93. The molecule has 0 atom stereocenters. The molecule has 1 rings (SSSR count). The minimum Gasteiger partial charge on any atom is -0.380 e. The first kappa shape index (κ1) is 10.8. The smallest absolute Gasteiger partial charge is 0.0487 e. The van der Waals surface area contributed by atoms with Gasteiger partial charge >= 0.3 is 0 Å². The first-order valence-corrected chi connectivity index (χ1v) is 5.51. The molecular formula is C10H11Br2N. The highest BCUT2D eigenvalue weighted by Gasteiger charge is 1.98. The summed E-state index contributed by atoms with van der Waals surface area (Å²) in [5.41, 5.74) is 2.21. The topological polar surface area (TPSA) is 12.0 Å². The Morgan fingerprint density at radius 3 is 2.69 bits per heavy atom. The van der Waals surface area contributed by atoms with E-state index in [4.69, 9.17) is 0 Å². The Morgan fingerprint density at radius 1 is 1.46 bits per heavy atom. The van der Waals surface area contributed by atoms with Crippen LogP contribution in [0.2, 0.25) is 0 Å². The molecule has 1 N–H and O–H groups in total. The van der Waals surface area contributed by atoms with Gasteiger partial charge in [0.25, 0.3) is 0 Å². The molecule has 70 valence electrons. The lowest BCUT2D eigenvalue weighted by Gasteiger charge is -2.08. The standard InChI is InChI=1S/C10H11Br2N/c1-7(2)6-13-10-4-3-8(11)5-9(10)12/h3-5,13H,1,6H2,2H3. The van der Waals surface area contributed by atoms with Gasteiger partial charge in [-0.25, -0.2) is 0 Å². The average Bonchev–Trinajstić information content (AvgIpc) is 2.02. The van der Waals surface area contributed by atoms with Crippen LogP contribution in [0.15, 0.2) is 39.3 Å². The average molecular weight is 305 g/mol. The predicted octanol–water partition coefficient (Wildman–Crippen LogP) is 4.20. The summed E-state index contributed by atoms with van der Waals surface area (Å²) >= 11 is 6.88. The highest BCUT2D eigenvalue weighted by molar-refractivity contribution is 9.11. The van der Waals surface area contributed by atoms with Gasteiger partial charge in [0, 0.05) is 21.2 Å². The van der Waals surface area contributed by atoms with Gasteiger partial charge in [-0.05, 0) is 41.1 Å². The molecule has 0 heterocycles. The maximum Gasteiger partial charge on any atom is 0.0487 e. The summed E-state index contributed by atoms with van der Waals surface area (Å²) in [5, 5.41) is 3.27.